The number of furan rings is 1. The molecule has 4 aromatic rings. The fourth-order valence-corrected chi connectivity index (χ4v) is 2.98. The van der Waals surface area contributed by atoms with E-state index in [9.17, 15) is 0 Å². The van der Waals surface area contributed by atoms with Gasteiger partial charge < -0.3 is 14.4 Å². The van der Waals surface area contributed by atoms with Crippen molar-refractivity contribution in [3.8, 4) is 0 Å². The summed E-state index contributed by atoms with van der Waals surface area (Å²) in [6, 6.07) is 22.8. The lowest BCUT2D eigenvalue weighted by molar-refractivity contribution is 0.465. The van der Waals surface area contributed by atoms with Crippen LogP contribution in [-0.2, 0) is 6.42 Å². The minimum Gasteiger partial charge on any atom is -0.465 e. The zero-order valence-corrected chi connectivity index (χ0v) is 12.7. The summed E-state index contributed by atoms with van der Waals surface area (Å²) in [5.41, 5.74) is 3.51. The van der Waals surface area contributed by atoms with Crippen molar-refractivity contribution >= 4 is 0 Å². The first kappa shape index (κ1) is 13.7. The van der Waals surface area contributed by atoms with Crippen molar-refractivity contribution in [2.75, 3.05) is 0 Å². The van der Waals surface area contributed by atoms with Gasteiger partial charge in [0, 0.05) is 30.2 Å². The van der Waals surface area contributed by atoms with E-state index in [1.165, 1.54) is 5.56 Å². The highest BCUT2D eigenvalue weighted by Gasteiger charge is 2.21. The molecule has 1 unspecified atom stereocenters. The second kappa shape index (κ2) is 6.05. The standard InChI is InChI=1S/C20H18N2O/c1-2-6-15(7-3-1)20(18-9-5-13-22-18)19-11-10-17(23-19)14-16-8-4-12-21-16/h1-13,20-22H,14H2. The molecule has 3 aromatic heterocycles. The maximum atomic E-state index is 6.16. The Morgan fingerprint density at radius 2 is 1.61 bits per heavy atom. The second-order valence-electron chi connectivity index (χ2n) is 5.65. The Labute approximate surface area is 135 Å². The Morgan fingerprint density at radius 3 is 2.35 bits per heavy atom. The Kier molecular flexibility index (Phi) is 3.60. The van der Waals surface area contributed by atoms with Gasteiger partial charge in [0.15, 0.2) is 0 Å². The molecule has 0 aliphatic heterocycles. The Morgan fingerprint density at radius 1 is 0.783 bits per heavy atom. The molecule has 0 aliphatic carbocycles. The summed E-state index contributed by atoms with van der Waals surface area (Å²) in [6.45, 7) is 0. The molecular formula is C20H18N2O. The molecule has 3 heteroatoms. The number of rotatable bonds is 5. The summed E-state index contributed by atoms with van der Waals surface area (Å²) in [5, 5.41) is 0. The van der Waals surface area contributed by atoms with Crippen molar-refractivity contribution in [2.45, 2.75) is 12.3 Å². The van der Waals surface area contributed by atoms with Crippen LogP contribution in [0.15, 0.2) is 83.5 Å². The number of hydrogen-bond donors (Lipinski definition) is 2. The van der Waals surface area contributed by atoms with Crippen LogP contribution in [0.3, 0.4) is 0 Å². The number of nitrogens with one attached hydrogen (secondary N) is 2. The zero-order chi connectivity index (χ0) is 15.5. The number of hydrogen-bond acceptors (Lipinski definition) is 1. The molecule has 1 atom stereocenters. The fraction of sp³-hybridized carbons (Fsp3) is 0.100. The van der Waals surface area contributed by atoms with Crippen LogP contribution < -0.4 is 0 Å². The minimum atomic E-state index is 0.0867. The highest BCUT2D eigenvalue weighted by atomic mass is 16.3. The molecule has 0 bridgehead atoms. The van der Waals surface area contributed by atoms with E-state index < -0.39 is 0 Å². The first-order valence-corrected chi connectivity index (χ1v) is 7.79. The van der Waals surface area contributed by atoms with Gasteiger partial charge in [-0.15, -0.1) is 0 Å². The lowest BCUT2D eigenvalue weighted by Crippen LogP contribution is -2.02. The molecule has 0 radical (unpaired) electrons. The van der Waals surface area contributed by atoms with Crippen LogP contribution >= 0.6 is 0 Å². The largest absolute Gasteiger partial charge is 0.465 e. The molecule has 0 saturated carbocycles. The average molecular weight is 302 g/mol. The fourth-order valence-electron chi connectivity index (χ4n) is 2.98. The monoisotopic (exact) mass is 302 g/mol. The predicted molar refractivity (Wildman–Crippen MR) is 90.5 cm³/mol. The molecule has 2 N–H and O–H groups in total. The van der Waals surface area contributed by atoms with Crippen LogP contribution in [0.25, 0.3) is 0 Å². The van der Waals surface area contributed by atoms with Crippen molar-refractivity contribution in [1.29, 1.82) is 0 Å². The van der Waals surface area contributed by atoms with Crippen molar-refractivity contribution < 1.29 is 4.42 Å². The smallest absolute Gasteiger partial charge is 0.117 e. The summed E-state index contributed by atoms with van der Waals surface area (Å²) in [4.78, 5) is 6.54. The predicted octanol–water partition coefficient (Wildman–Crippen LogP) is 4.71. The summed E-state index contributed by atoms with van der Waals surface area (Å²) in [7, 11) is 0. The van der Waals surface area contributed by atoms with E-state index in [0.717, 1.165) is 29.3 Å². The van der Waals surface area contributed by atoms with E-state index in [-0.39, 0.29) is 5.92 Å². The van der Waals surface area contributed by atoms with Gasteiger partial charge in [-0.1, -0.05) is 30.3 Å². The molecule has 0 saturated heterocycles. The third kappa shape index (κ3) is 2.86. The summed E-state index contributed by atoms with van der Waals surface area (Å²) >= 11 is 0. The van der Waals surface area contributed by atoms with Crippen molar-refractivity contribution in [3.05, 3.63) is 108 Å². The lowest BCUT2D eigenvalue weighted by Gasteiger charge is -2.14. The molecule has 4 rings (SSSR count). The number of benzene rings is 1. The molecule has 0 amide bonds. The van der Waals surface area contributed by atoms with Crippen LogP contribution in [0.2, 0.25) is 0 Å². The van der Waals surface area contributed by atoms with E-state index >= 15 is 0 Å². The maximum Gasteiger partial charge on any atom is 0.117 e. The van der Waals surface area contributed by atoms with Gasteiger partial charge in [0.05, 0.1) is 5.92 Å². The summed E-state index contributed by atoms with van der Waals surface area (Å²) in [6.07, 6.45) is 4.66. The van der Waals surface area contributed by atoms with E-state index in [1.54, 1.807) is 0 Å². The Bertz CT molecular complexity index is 842. The van der Waals surface area contributed by atoms with E-state index in [0.29, 0.717) is 0 Å². The third-order valence-electron chi connectivity index (χ3n) is 4.06. The van der Waals surface area contributed by atoms with Gasteiger partial charge in [0.25, 0.3) is 0 Å². The topological polar surface area (TPSA) is 44.7 Å². The van der Waals surface area contributed by atoms with Gasteiger partial charge in [0.1, 0.15) is 11.5 Å². The van der Waals surface area contributed by atoms with Gasteiger partial charge in [-0.2, -0.15) is 0 Å². The highest BCUT2D eigenvalue weighted by Crippen LogP contribution is 2.32. The van der Waals surface area contributed by atoms with Gasteiger partial charge in [-0.3, -0.25) is 0 Å². The second-order valence-corrected chi connectivity index (χ2v) is 5.65. The third-order valence-corrected chi connectivity index (χ3v) is 4.06. The normalized spacial score (nSPS) is 12.3. The van der Waals surface area contributed by atoms with Crippen molar-refractivity contribution in [3.63, 3.8) is 0 Å². The zero-order valence-electron chi connectivity index (χ0n) is 12.7. The van der Waals surface area contributed by atoms with Gasteiger partial charge >= 0.3 is 0 Å². The number of aromatic nitrogens is 2. The Balaban J connectivity index is 1.69. The molecule has 3 heterocycles. The van der Waals surface area contributed by atoms with Gasteiger partial charge in [-0.25, -0.2) is 0 Å². The molecule has 3 nitrogen and oxygen atoms in total. The van der Waals surface area contributed by atoms with Crippen LogP contribution in [0.1, 0.15) is 34.4 Å². The maximum absolute atomic E-state index is 6.16. The quantitative estimate of drug-likeness (QED) is 0.551. The summed E-state index contributed by atoms with van der Waals surface area (Å²) in [5.74, 6) is 2.01. The molecule has 0 aliphatic rings. The first-order chi connectivity index (χ1) is 11.4. The van der Waals surface area contributed by atoms with Crippen LogP contribution in [0, 0.1) is 0 Å². The average Bonchev–Trinajstić information content (AvgIpc) is 3.33. The molecular weight excluding hydrogens is 284 g/mol. The van der Waals surface area contributed by atoms with E-state index in [1.807, 2.05) is 30.6 Å². The number of H-pyrrole nitrogens is 2. The number of aromatic amines is 2. The van der Waals surface area contributed by atoms with Gasteiger partial charge in [0.2, 0.25) is 0 Å². The highest BCUT2D eigenvalue weighted by molar-refractivity contribution is 5.37. The summed E-state index contributed by atoms with van der Waals surface area (Å²) < 4.78 is 6.16. The van der Waals surface area contributed by atoms with Crippen LogP contribution in [-0.4, -0.2) is 9.97 Å². The molecule has 23 heavy (non-hydrogen) atoms. The molecule has 0 spiro atoms. The Hall–Kier alpha value is -2.94. The SMILES string of the molecule is c1ccc(C(c2ccc[nH]2)c2ccc(Cc3ccc[nH]3)o2)cc1. The van der Waals surface area contributed by atoms with Crippen LogP contribution in [0.5, 0.6) is 0 Å². The first-order valence-electron chi connectivity index (χ1n) is 7.79. The van der Waals surface area contributed by atoms with Crippen LogP contribution in [0.4, 0.5) is 0 Å². The van der Waals surface area contributed by atoms with Crippen molar-refractivity contribution in [1.82, 2.24) is 9.97 Å². The van der Waals surface area contributed by atoms with Crippen molar-refractivity contribution in [2.24, 2.45) is 0 Å². The van der Waals surface area contributed by atoms with E-state index in [4.69, 9.17) is 4.42 Å². The van der Waals surface area contributed by atoms with Gasteiger partial charge in [-0.05, 0) is 42.0 Å². The van der Waals surface area contributed by atoms with E-state index in [2.05, 4.69) is 58.5 Å². The molecule has 1 aromatic carbocycles. The molecule has 0 fully saturated rings. The lowest BCUT2D eigenvalue weighted by atomic mass is 9.93. The molecule has 114 valence electrons. The minimum absolute atomic E-state index is 0.0867.